The monoisotopic (exact) mass is 571 g/mol. The van der Waals surface area contributed by atoms with E-state index < -0.39 is 11.9 Å². The highest BCUT2D eigenvalue weighted by Crippen LogP contribution is 2.38. The molecule has 34 heavy (non-hydrogen) atoms. The van der Waals surface area contributed by atoms with Crippen molar-refractivity contribution in [2.24, 2.45) is 4.99 Å². The fraction of sp³-hybridized carbons (Fsp3) is 0. The van der Waals surface area contributed by atoms with Crippen molar-refractivity contribution >= 4 is 84.5 Å². The molecule has 0 saturated carbocycles. The van der Waals surface area contributed by atoms with Gasteiger partial charge in [-0.05, 0) is 48.5 Å². The van der Waals surface area contributed by atoms with E-state index in [1.807, 2.05) is 18.2 Å². The van der Waals surface area contributed by atoms with Gasteiger partial charge >= 0.3 is 11.9 Å². The Morgan fingerprint density at radius 1 is 1.06 bits per heavy atom. The van der Waals surface area contributed by atoms with E-state index in [1.54, 1.807) is 48.5 Å². The summed E-state index contributed by atoms with van der Waals surface area (Å²) in [6, 6.07) is 19.4. The van der Waals surface area contributed by atoms with Gasteiger partial charge in [-0.1, -0.05) is 63.4 Å². The minimum atomic E-state index is -0.619. The molecule has 1 aliphatic rings. The van der Waals surface area contributed by atoms with Crippen molar-refractivity contribution < 1.29 is 19.1 Å². The number of hydrogen-bond acceptors (Lipinski definition) is 6. The fourth-order valence-electron chi connectivity index (χ4n) is 3.30. The molecule has 168 valence electrons. The largest absolute Gasteiger partial charge is 0.422 e. The van der Waals surface area contributed by atoms with Crippen LogP contribution in [-0.2, 0) is 9.53 Å². The number of ether oxygens (including phenoxy) is 2. The standard InChI is InChI=1S/C25H12BrCl2NO4S/c26-15-6-9-19(32-25(31)22-21(28)17-8-7-16(27)12-20(17)34-22)14(10-15)11-18-24(30)33-23(29-18)13-4-2-1-3-5-13/h1-12H/b18-11+. The molecular formula is C25H12BrCl2NO4S. The number of cyclic esters (lactones) is 1. The van der Waals surface area contributed by atoms with Gasteiger partial charge in [0, 0.05) is 30.7 Å². The van der Waals surface area contributed by atoms with Crippen LogP contribution in [0.1, 0.15) is 20.8 Å². The molecule has 0 spiro atoms. The number of rotatable bonds is 4. The van der Waals surface area contributed by atoms with Crippen molar-refractivity contribution in [3.63, 3.8) is 0 Å². The van der Waals surface area contributed by atoms with Gasteiger partial charge in [0.15, 0.2) is 5.70 Å². The zero-order chi connectivity index (χ0) is 23.8. The number of thiophene rings is 1. The molecule has 3 aromatic carbocycles. The molecule has 5 nitrogen and oxygen atoms in total. The van der Waals surface area contributed by atoms with Crippen LogP contribution < -0.4 is 4.74 Å². The van der Waals surface area contributed by atoms with E-state index in [2.05, 4.69) is 20.9 Å². The molecule has 1 aliphatic heterocycles. The van der Waals surface area contributed by atoms with Gasteiger partial charge in [0.2, 0.25) is 5.90 Å². The number of carbonyl (C=O) groups excluding carboxylic acids is 2. The van der Waals surface area contributed by atoms with Crippen molar-refractivity contribution in [2.75, 3.05) is 0 Å². The molecule has 0 atom stereocenters. The first-order valence-corrected chi connectivity index (χ1v) is 12.2. The maximum absolute atomic E-state index is 13.0. The van der Waals surface area contributed by atoms with E-state index >= 15 is 0 Å². The van der Waals surface area contributed by atoms with Crippen molar-refractivity contribution in [1.29, 1.82) is 0 Å². The lowest BCUT2D eigenvalue weighted by molar-refractivity contribution is -0.129. The van der Waals surface area contributed by atoms with Gasteiger partial charge in [-0.2, -0.15) is 0 Å². The number of fused-ring (bicyclic) bond motifs is 1. The topological polar surface area (TPSA) is 65.0 Å². The van der Waals surface area contributed by atoms with Crippen LogP contribution in [0.25, 0.3) is 16.2 Å². The molecule has 5 rings (SSSR count). The van der Waals surface area contributed by atoms with Crippen LogP contribution in [0.3, 0.4) is 0 Å². The van der Waals surface area contributed by atoms with E-state index in [0.29, 0.717) is 21.2 Å². The molecule has 0 fully saturated rings. The van der Waals surface area contributed by atoms with Gasteiger partial charge in [0.25, 0.3) is 0 Å². The zero-order valence-electron chi connectivity index (χ0n) is 17.1. The molecule has 0 amide bonds. The third kappa shape index (κ3) is 4.52. The van der Waals surface area contributed by atoms with Crippen LogP contribution in [0, 0.1) is 0 Å². The predicted molar refractivity (Wildman–Crippen MR) is 138 cm³/mol. The van der Waals surface area contributed by atoms with Gasteiger partial charge in [-0.3, -0.25) is 0 Å². The van der Waals surface area contributed by atoms with Crippen LogP contribution in [0.5, 0.6) is 5.75 Å². The predicted octanol–water partition coefficient (Wildman–Crippen LogP) is 7.53. The molecule has 1 aromatic heterocycles. The normalized spacial score (nSPS) is 14.4. The molecule has 0 bridgehead atoms. The summed E-state index contributed by atoms with van der Waals surface area (Å²) in [6.07, 6.45) is 1.51. The summed E-state index contributed by atoms with van der Waals surface area (Å²) in [5.74, 6) is -0.767. The van der Waals surface area contributed by atoms with E-state index in [-0.39, 0.29) is 22.2 Å². The number of hydrogen-bond donors (Lipinski definition) is 0. The molecule has 2 heterocycles. The Kier molecular flexibility index (Phi) is 6.27. The van der Waals surface area contributed by atoms with E-state index in [4.69, 9.17) is 32.7 Å². The smallest absolute Gasteiger partial charge is 0.363 e. The van der Waals surface area contributed by atoms with Gasteiger partial charge < -0.3 is 9.47 Å². The zero-order valence-corrected chi connectivity index (χ0v) is 21.0. The van der Waals surface area contributed by atoms with E-state index in [0.717, 1.165) is 14.6 Å². The van der Waals surface area contributed by atoms with Crippen molar-refractivity contribution in [2.45, 2.75) is 0 Å². The first kappa shape index (κ1) is 22.8. The van der Waals surface area contributed by atoms with Crippen LogP contribution in [0.4, 0.5) is 0 Å². The third-order valence-corrected chi connectivity index (χ3v) is 7.25. The number of aliphatic imine (C=N–C) groups is 1. The second kappa shape index (κ2) is 9.35. The number of benzene rings is 3. The lowest BCUT2D eigenvalue weighted by Crippen LogP contribution is -2.08. The second-order valence-electron chi connectivity index (χ2n) is 7.16. The van der Waals surface area contributed by atoms with Gasteiger partial charge in [-0.25, -0.2) is 14.6 Å². The minimum absolute atomic E-state index is 0.0868. The number of halogens is 3. The molecular weight excluding hydrogens is 561 g/mol. The molecule has 0 aliphatic carbocycles. The lowest BCUT2D eigenvalue weighted by atomic mass is 10.1. The van der Waals surface area contributed by atoms with E-state index in [9.17, 15) is 9.59 Å². The van der Waals surface area contributed by atoms with E-state index in [1.165, 1.54) is 17.4 Å². The maximum Gasteiger partial charge on any atom is 0.363 e. The first-order chi connectivity index (χ1) is 16.4. The van der Waals surface area contributed by atoms with Gasteiger partial charge in [0.1, 0.15) is 10.6 Å². The summed E-state index contributed by atoms with van der Waals surface area (Å²) in [5, 5.41) is 1.57. The minimum Gasteiger partial charge on any atom is -0.422 e. The maximum atomic E-state index is 13.0. The van der Waals surface area contributed by atoms with Crippen molar-refractivity contribution in [3.05, 3.63) is 103 Å². The Hall–Kier alpha value is -2.97. The fourth-order valence-corrected chi connectivity index (χ4v) is 5.34. The number of nitrogens with zero attached hydrogens (tertiary/aromatic N) is 1. The SMILES string of the molecule is O=C1OC(c2ccccc2)=N/C1=C/c1cc(Br)ccc1OC(=O)c1sc2cc(Cl)ccc2c1Cl. The number of carbonyl (C=O) groups is 2. The summed E-state index contributed by atoms with van der Waals surface area (Å²) in [7, 11) is 0. The first-order valence-electron chi connectivity index (χ1n) is 9.86. The van der Waals surface area contributed by atoms with Crippen LogP contribution in [-0.4, -0.2) is 17.8 Å². The quantitative estimate of drug-likeness (QED) is 0.144. The Labute approximate surface area is 216 Å². The average molecular weight is 573 g/mol. The Morgan fingerprint density at radius 3 is 2.65 bits per heavy atom. The van der Waals surface area contributed by atoms with Crippen molar-refractivity contribution in [1.82, 2.24) is 0 Å². The summed E-state index contributed by atoms with van der Waals surface area (Å²) < 4.78 is 12.5. The second-order valence-corrected chi connectivity index (χ2v) is 9.94. The summed E-state index contributed by atoms with van der Waals surface area (Å²) in [5.41, 5.74) is 1.23. The van der Waals surface area contributed by atoms with Crippen LogP contribution >= 0.6 is 50.5 Å². The highest BCUT2D eigenvalue weighted by Gasteiger charge is 2.25. The molecule has 0 saturated heterocycles. The molecule has 0 unspecified atom stereocenters. The molecule has 4 aromatic rings. The summed E-state index contributed by atoms with van der Waals surface area (Å²) in [6.45, 7) is 0. The molecule has 0 N–H and O–H groups in total. The lowest BCUT2D eigenvalue weighted by Gasteiger charge is -2.08. The highest BCUT2D eigenvalue weighted by atomic mass is 79.9. The van der Waals surface area contributed by atoms with Crippen LogP contribution in [0.15, 0.2) is 81.9 Å². The van der Waals surface area contributed by atoms with Gasteiger partial charge in [-0.15, -0.1) is 11.3 Å². The third-order valence-electron chi connectivity index (χ3n) is 4.88. The average Bonchev–Trinajstić information content (AvgIpc) is 3.35. The number of esters is 2. The Bertz CT molecular complexity index is 1530. The molecule has 0 radical (unpaired) electrons. The Balaban J connectivity index is 1.48. The highest BCUT2D eigenvalue weighted by molar-refractivity contribution is 9.10. The Morgan fingerprint density at radius 2 is 1.85 bits per heavy atom. The van der Waals surface area contributed by atoms with Crippen LogP contribution in [0.2, 0.25) is 10.0 Å². The molecule has 9 heteroatoms. The summed E-state index contributed by atoms with van der Waals surface area (Å²) >= 11 is 17.1. The summed E-state index contributed by atoms with van der Waals surface area (Å²) in [4.78, 5) is 30.0. The van der Waals surface area contributed by atoms with Crippen molar-refractivity contribution in [3.8, 4) is 5.75 Å². The van der Waals surface area contributed by atoms with Gasteiger partial charge in [0.05, 0.1) is 5.02 Å².